The highest BCUT2D eigenvalue weighted by Crippen LogP contribution is 2.18. The summed E-state index contributed by atoms with van der Waals surface area (Å²) >= 11 is 0. The molecule has 3 atom stereocenters. The largest absolute Gasteiger partial charge is 0.508 e. The molecule has 0 radical (unpaired) electrons. The average molecular weight is 223 g/mol. The Bertz CT molecular complexity index is 327. The Labute approximate surface area is 97.4 Å². The number of ether oxygens (including phenoxy) is 1. The second-order valence-electron chi connectivity index (χ2n) is 4.21. The molecule has 0 heterocycles. The van der Waals surface area contributed by atoms with Crippen molar-refractivity contribution in [3.63, 3.8) is 0 Å². The molecular formula is C13H21NO2. The van der Waals surface area contributed by atoms with Gasteiger partial charge in [-0.1, -0.05) is 12.1 Å². The Kier molecular flexibility index (Phi) is 4.77. The lowest BCUT2D eigenvalue weighted by Gasteiger charge is -2.24. The van der Waals surface area contributed by atoms with Gasteiger partial charge in [-0.3, -0.25) is 0 Å². The highest BCUT2D eigenvalue weighted by molar-refractivity contribution is 5.29. The first-order valence-corrected chi connectivity index (χ1v) is 5.62. The standard InChI is InChI=1S/C13H21NO2/c1-9(11(3)16-4)14-10(2)12-6-5-7-13(15)8-12/h5-11,14-15H,1-4H3. The van der Waals surface area contributed by atoms with E-state index >= 15 is 0 Å². The molecule has 0 aromatic heterocycles. The van der Waals surface area contributed by atoms with E-state index in [9.17, 15) is 5.11 Å². The molecule has 0 saturated carbocycles. The summed E-state index contributed by atoms with van der Waals surface area (Å²) in [5, 5.41) is 12.8. The molecule has 0 spiro atoms. The molecule has 1 aromatic rings. The SMILES string of the molecule is COC(C)C(C)NC(C)c1cccc(O)c1. The van der Waals surface area contributed by atoms with Crippen LogP contribution in [0.5, 0.6) is 5.75 Å². The van der Waals surface area contributed by atoms with Crippen LogP contribution in [0.15, 0.2) is 24.3 Å². The van der Waals surface area contributed by atoms with E-state index in [1.807, 2.05) is 19.1 Å². The first-order valence-electron chi connectivity index (χ1n) is 5.62. The molecule has 0 aliphatic carbocycles. The third-order valence-electron chi connectivity index (χ3n) is 2.96. The number of hydrogen-bond acceptors (Lipinski definition) is 3. The van der Waals surface area contributed by atoms with E-state index in [1.165, 1.54) is 0 Å². The third kappa shape index (κ3) is 3.51. The fourth-order valence-electron chi connectivity index (χ4n) is 1.62. The van der Waals surface area contributed by atoms with Crippen LogP contribution in [-0.2, 0) is 4.74 Å². The maximum atomic E-state index is 9.40. The van der Waals surface area contributed by atoms with Gasteiger partial charge in [0.2, 0.25) is 0 Å². The third-order valence-corrected chi connectivity index (χ3v) is 2.96. The van der Waals surface area contributed by atoms with Crippen molar-refractivity contribution >= 4 is 0 Å². The average Bonchev–Trinajstić information content (AvgIpc) is 2.27. The van der Waals surface area contributed by atoms with Gasteiger partial charge in [0.25, 0.3) is 0 Å². The van der Waals surface area contributed by atoms with E-state index in [1.54, 1.807) is 19.2 Å². The lowest BCUT2D eigenvalue weighted by atomic mass is 10.1. The molecular weight excluding hydrogens is 202 g/mol. The molecule has 90 valence electrons. The van der Waals surface area contributed by atoms with Crippen molar-refractivity contribution in [2.24, 2.45) is 0 Å². The molecule has 3 heteroatoms. The minimum atomic E-state index is 0.166. The zero-order chi connectivity index (χ0) is 12.1. The summed E-state index contributed by atoms with van der Waals surface area (Å²) in [4.78, 5) is 0. The predicted molar refractivity (Wildman–Crippen MR) is 65.6 cm³/mol. The molecule has 16 heavy (non-hydrogen) atoms. The van der Waals surface area contributed by atoms with Crippen LogP contribution in [-0.4, -0.2) is 24.4 Å². The smallest absolute Gasteiger partial charge is 0.115 e. The molecule has 0 aliphatic heterocycles. The number of phenols is 1. The Hall–Kier alpha value is -1.06. The summed E-state index contributed by atoms with van der Waals surface area (Å²) in [5.41, 5.74) is 1.08. The van der Waals surface area contributed by atoms with Crippen LogP contribution in [0.4, 0.5) is 0 Å². The van der Waals surface area contributed by atoms with E-state index in [4.69, 9.17) is 4.74 Å². The number of benzene rings is 1. The van der Waals surface area contributed by atoms with Gasteiger partial charge in [-0.25, -0.2) is 0 Å². The fourth-order valence-corrected chi connectivity index (χ4v) is 1.62. The van der Waals surface area contributed by atoms with Gasteiger partial charge in [-0.2, -0.15) is 0 Å². The topological polar surface area (TPSA) is 41.5 Å². The van der Waals surface area contributed by atoms with Gasteiger partial charge in [0.15, 0.2) is 0 Å². The van der Waals surface area contributed by atoms with Gasteiger partial charge in [0.1, 0.15) is 5.75 Å². The van der Waals surface area contributed by atoms with Gasteiger partial charge < -0.3 is 15.2 Å². The predicted octanol–water partition coefficient (Wildman–Crippen LogP) is 2.47. The van der Waals surface area contributed by atoms with Gasteiger partial charge in [0, 0.05) is 19.2 Å². The van der Waals surface area contributed by atoms with Crippen LogP contribution in [0.2, 0.25) is 0 Å². The molecule has 0 aliphatic rings. The van der Waals surface area contributed by atoms with Crippen LogP contribution in [0, 0.1) is 0 Å². The summed E-state index contributed by atoms with van der Waals surface area (Å²) in [6, 6.07) is 7.77. The Balaban J connectivity index is 2.61. The molecule has 0 saturated heterocycles. The normalized spacial score (nSPS) is 16.8. The molecule has 3 nitrogen and oxygen atoms in total. The Morgan fingerprint density at radius 1 is 1.25 bits per heavy atom. The van der Waals surface area contributed by atoms with Crippen LogP contribution in [0.25, 0.3) is 0 Å². The molecule has 0 fully saturated rings. The highest BCUT2D eigenvalue weighted by Gasteiger charge is 2.14. The van der Waals surface area contributed by atoms with E-state index in [-0.39, 0.29) is 18.2 Å². The lowest BCUT2D eigenvalue weighted by Crippen LogP contribution is -2.38. The van der Waals surface area contributed by atoms with Gasteiger partial charge >= 0.3 is 0 Å². The van der Waals surface area contributed by atoms with Crippen molar-refractivity contribution in [2.75, 3.05) is 7.11 Å². The molecule has 1 rings (SSSR count). The quantitative estimate of drug-likeness (QED) is 0.805. The van der Waals surface area contributed by atoms with E-state index in [2.05, 4.69) is 19.2 Å². The van der Waals surface area contributed by atoms with Crippen molar-refractivity contribution in [2.45, 2.75) is 39.0 Å². The van der Waals surface area contributed by atoms with Crippen molar-refractivity contribution in [3.8, 4) is 5.75 Å². The monoisotopic (exact) mass is 223 g/mol. The zero-order valence-electron chi connectivity index (χ0n) is 10.4. The van der Waals surface area contributed by atoms with Crippen molar-refractivity contribution in [3.05, 3.63) is 29.8 Å². The summed E-state index contributed by atoms with van der Waals surface area (Å²) in [6.45, 7) is 6.20. The number of methoxy groups -OCH3 is 1. The second-order valence-corrected chi connectivity index (χ2v) is 4.21. The summed E-state index contributed by atoms with van der Waals surface area (Å²) in [5.74, 6) is 0.304. The molecule has 0 amide bonds. The Morgan fingerprint density at radius 2 is 1.94 bits per heavy atom. The maximum absolute atomic E-state index is 9.40. The van der Waals surface area contributed by atoms with E-state index in [0.29, 0.717) is 5.75 Å². The number of aromatic hydroxyl groups is 1. The van der Waals surface area contributed by atoms with E-state index in [0.717, 1.165) is 5.56 Å². The van der Waals surface area contributed by atoms with Crippen LogP contribution >= 0.6 is 0 Å². The Morgan fingerprint density at radius 3 is 2.50 bits per heavy atom. The van der Waals surface area contributed by atoms with Gasteiger partial charge in [-0.15, -0.1) is 0 Å². The van der Waals surface area contributed by atoms with Gasteiger partial charge in [-0.05, 0) is 38.5 Å². The molecule has 3 unspecified atom stereocenters. The highest BCUT2D eigenvalue weighted by atomic mass is 16.5. The minimum absolute atomic E-state index is 0.166. The number of hydrogen-bond donors (Lipinski definition) is 2. The number of phenolic OH excluding ortho intramolecular Hbond substituents is 1. The zero-order valence-corrected chi connectivity index (χ0v) is 10.4. The summed E-state index contributed by atoms with van der Waals surface area (Å²) in [7, 11) is 1.71. The van der Waals surface area contributed by atoms with Crippen LogP contribution < -0.4 is 5.32 Å². The molecule has 0 bridgehead atoms. The summed E-state index contributed by atoms with van der Waals surface area (Å²) < 4.78 is 5.26. The lowest BCUT2D eigenvalue weighted by molar-refractivity contribution is 0.0852. The van der Waals surface area contributed by atoms with E-state index < -0.39 is 0 Å². The minimum Gasteiger partial charge on any atom is -0.508 e. The maximum Gasteiger partial charge on any atom is 0.115 e. The first-order chi connectivity index (χ1) is 7.54. The van der Waals surface area contributed by atoms with Crippen molar-refractivity contribution in [1.29, 1.82) is 0 Å². The second kappa shape index (κ2) is 5.87. The van der Waals surface area contributed by atoms with Crippen LogP contribution in [0.1, 0.15) is 32.4 Å². The molecule has 1 aromatic carbocycles. The van der Waals surface area contributed by atoms with Crippen LogP contribution in [0.3, 0.4) is 0 Å². The van der Waals surface area contributed by atoms with Gasteiger partial charge in [0.05, 0.1) is 6.10 Å². The number of nitrogens with one attached hydrogen (secondary N) is 1. The molecule has 2 N–H and O–H groups in total. The van der Waals surface area contributed by atoms with Crippen molar-refractivity contribution < 1.29 is 9.84 Å². The summed E-state index contributed by atoms with van der Waals surface area (Å²) in [6.07, 6.45) is 0.166. The first kappa shape index (κ1) is 13.0. The fraction of sp³-hybridized carbons (Fsp3) is 0.538. The van der Waals surface area contributed by atoms with Crippen molar-refractivity contribution in [1.82, 2.24) is 5.32 Å². The number of rotatable bonds is 5.